The summed E-state index contributed by atoms with van der Waals surface area (Å²) in [4.78, 5) is 14.3. The Kier molecular flexibility index (Phi) is 4.37. The van der Waals surface area contributed by atoms with Crippen molar-refractivity contribution in [2.45, 2.75) is 61.4 Å². The molecule has 2 bridgehead atoms. The number of nitrogens with one attached hydrogen (secondary N) is 1. The third-order valence-electron chi connectivity index (χ3n) is 5.96. The zero-order chi connectivity index (χ0) is 15.8. The second-order valence-electron chi connectivity index (χ2n) is 7.44. The third-order valence-corrected chi connectivity index (χ3v) is 7.08. The molecule has 3 N–H and O–H groups in total. The number of thioether (sulfide) groups is 1. The summed E-state index contributed by atoms with van der Waals surface area (Å²) in [6.07, 6.45) is 6.88. The predicted molar refractivity (Wildman–Crippen MR) is 94.5 cm³/mol. The molecule has 3 unspecified atom stereocenters. The van der Waals surface area contributed by atoms with Crippen molar-refractivity contribution < 1.29 is 4.79 Å². The zero-order valence-electron chi connectivity index (χ0n) is 13.5. The van der Waals surface area contributed by atoms with Crippen LogP contribution in [0.3, 0.4) is 0 Å². The molecule has 1 aliphatic heterocycles. The van der Waals surface area contributed by atoms with E-state index in [2.05, 4.69) is 29.6 Å². The highest BCUT2D eigenvalue weighted by Gasteiger charge is 2.41. The predicted octanol–water partition coefficient (Wildman–Crippen LogP) is 3.29. The van der Waals surface area contributed by atoms with E-state index < -0.39 is 0 Å². The van der Waals surface area contributed by atoms with Gasteiger partial charge in [0.2, 0.25) is 5.91 Å². The molecule has 23 heavy (non-hydrogen) atoms. The summed E-state index contributed by atoms with van der Waals surface area (Å²) in [5.74, 6) is 2.50. The fraction of sp³-hybridized carbons (Fsp3) is 0.632. The Morgan fingerprint density at radius 2 is 1.87 bits per heavy atom. The van der Waals surface area contributed by atoms with Crippen molar-refractivity contribution in [3.8, 4) is 0 Å². The van der Waals surface area contributed by atoms with E-state index in [0.29, 0.717) is 23.9 Å². The molecule has 3 nitrogen and oxygen atoms in total. The number of hydrogen-bond donors (Lipinski definition) is 2. The average Bonchev–Trinajstić information content (AvgIpc) is 2.55. The Hall–Kier alpha value is -1.00. The van der Waals surface area contributed by atoms with Crippen molar-refractivity contribution in [3.05, 3.63) is 29.8 Å². The van der Waals surface area contributed by atoms with Gasteiger partial charge in [-0.2, -0.15) is 0 Å². The maximum atomic E-state index is 13.0. The van der Waals surface area contributed by atoms with Gasteiger partial charge in [-0.25, -0.2) is 0 Å². The number of benzene rings is 1. The quantitative estimate of drug-likeness (QED) is 0.875. The number of hydrogen-bond acceptors (Lipinski definition) is 3. The highest BCUT2D eigenvalue weighted by Crippen LogP contribution is 2.41. The van der Waals surface area contributed by atoms with Crippen molar-refractivity contribution in [1.29, 1.82) is 0 Å². The smallest absolute Gasteiger partial charge is 0.227 e. The molecule has 1 aromatic carbocycles. The molecule has 0 radical (unpaired) electrons. The van der Waals surface area contributed by atoms with Gasteiger partial charge in [0.1, 0.15) is 0 Å². The van der Waals surface area contributed by atoms with Crippen LogP contribution >= 0.6 is 11.8 Å². The molecule has 3 aliphatic rings. The molecular weight excluding hydrogens is 304 g/mol. The van der Waals surface area contributed by atoms with Crippen molar-refractivity contribution >= 4 is 17.7 Å². The summed E-state index contributed by atoms with van der Waals surface area (Å²) in [6.45, 7) is 0. The van der Waals surface area contributed by atoms with E-state index in [0.717, 1.165) is 25.0 Å². The maximum Gasteiger partial charge on any atom is 0.227 e. The second kappa shape index (κ2) is 6.48. The summed E-state index contributed by atoms with van der Waals surface area (Å²) < 4.78 is 0. The lowest BCUT2D eigenvalue weighted by molar-refractivity contribution is -0.125. The largest absolute Gasteiger partial charge is 0.352 e. The molecule has 3 atom stereocenters. The Labute approximate surface area is 142 Å². The van der Waals surface area contributed by atoms with Crippen LogP contribution in [0.25, 0.3) is 0 Å². The Balaban J connectivity index is 1.50. The fourth-order valence-electron chi connectivity index (χ4n) is 4.90. The van der Waals surface area contributed by atoms with Crippen molar-refractivity contribution in [2.24, 2.45) is 17.6 Å². The minimum Gasteiger partial charge on any atom is -0.352 e. The van der Waals surface area contributed by atoms with Gasteiger partial charge in [-0.1, -0.05) is 24.6 Å². The van der Waals surface area contributed by atoms with Gasteiger partial charge in [-0.15, -0.1) is 11.8 Å². The minimum absolute atomic E-state index is 0.0313. The molecule has 0 saturated heterocycles. The molecule has 1 amide bonds. The van der Waals surface area contributed by atoms with Crippen LogP contribution in [-0.4, -0.2) is 23.7 Å². The van der Waals surface area contributed by atoms with E-state index in [1.165, 1.54) is 29.7 Å². The van der Waals surface area contributed by atoms with Crippen LogP contribution in [0.2, 0.25) is 0 Å². The molecule has 2 saturated carbocycles. The monoisotopic (exact) mass is 330 g/mol. The summed E-state index contributed by atoms with van der Waals surface area (Å²) in [6, 6.07) is 9.10. The van der Waals surface area contributed by atoms with E-state index in [4.69, 9.17) is 5.73 Å². The van der Waals surface area contributed by atoms with Gasteiger partial charge in [0.15, 0.2) is 0 Å². The van der Waals surface area contributed by atoms with E-state index >= 15 is 0 Å². The van der Waals surface area contributed by atoms with Crippen molar-refractivity contribution in [1.82, 2.24) is 5.32 Å². The summed E-state index contributed by atoms with van der Waals surface area (Å²) >= 11 is 1.88. The van der Waals surface area contributed by atoms with Crippen LogP contribution in [-0.2, 0) is 4.79 Å². The van der Waals surface area contributed by atoms with Crippen LogP contribution in [0.4, 0.5) is 0 Å². The molecule has 1 aromatic rings. The first-order valence-electron chi connectivity index (χ1n) is 9.00. The molecule has 0 spiro atoms. The fourth-order valence-corrected chi connectivity index (χ4v) is 6.03. The molecule has 2 fully saturated rings. The van der Waals surface area contributed by atoms with Crippen molar-refractivity contribution in [3.63, 3.8) is 0 Å². The van der Waals surface area contributed by atoms with E-state index in [-0.39, 0.29) is 11.8 Å². The lowest BCUT2D eigenvalue weighted by Crippen LogP contribution is -2.54. The van der Waals surface area contributed by atoms with Gasteiger partial charge in [-0.05, 0) is 61.3 Å². The standard InChI is InChI=1S/C19H26N2OS/c20-14-10-12-4-3-5-13(11-14)18(12)21-19(22)16-8-9-23-17-7-2-1-6-15(16)17/h1-2,6-7,12-14,16,18H,3-5,8-11,20H2,(H,21,22). The topological polar surface area (TPSA) is 55.1 Å². The molecule has 1 heterocycles. The van der Waals surface area contributed by atoms with Crippen LogP contribution in [0.15, 0.2) is 29.2 Å². The van der Waals surface area contributed by atoms with Crippen LogP contribution < -0.4 is 11.1 Å². The molecule has 4 rings (SSSR count). The lowest BCUT2D eigenvalue weighted by atomic mass is 9.67. The van der Waals surface area contributed by atoms with E-state index in [1.54, 1.807) is 0 Å². The first-order valence-corrected chi connectivity index (χ1v) is 9.98. The second-order valence-corrected chi connectivity index (χ2v) is 8.58. The SMILES string of the molecule is NC1CC2CCCC(C1)C2NC(=O)C1CCSc2ccccc21. The molecule has 0 aromatic heterocycles. The number of rotatable bonds is 2. The lowest BCUT2D eigenvalue weighted by Gasteiger charge is -2.45. The molecular formula is C19H26N2OS. The molecule has 2 aliphatic carbocycles. The van der Waals surface area contributed by atoms with E-state index in [9.17, 15) is 4.79 Å². The van der Waals surface area contributed by atoms with Gasteiger partial charge in [-0.3, -0.25) is 4.79 Å². The molecule has 124 valence electrons. The first kappa shape index (κ1) is 15.5. The summed E-state index contributed by atoms with van der Waals surface area (Å²) in [7, 11) is 0. The third kappa shape index (κ3) is 3.03. The average molecular weight is 330 g/mol. The molecule has 4 heteroatoms. The number of carbonyl (C=O) groups excluding carboxylic acids is 1. The van der Waals surface area contributed by atoms with Gasteiger partial charge in [0.25, 0.3) is 0 Å². The van der Waals surface area contributed by atoms with Crippen molar-refractivity contribution in [2.75, 3.05) is 5.75 Å². The Bertz CT molecular complexity index is 576. The van der Waals surface area contributed by atoms with Crippen LogP contribution in [0, 0.1) is 11.8 Å². The minimum atomic E-state index is 0.0313. The zero-order valence-corrected chi connectivity index (χ0v) is 14.4. The summed E-state index contributed by atoms with van der Waals surface area (Å²) in [5, 5.41) is 3.45. The normalized spacial score (nSPS) is 36.1. The number of amides is 1. The number of carbonyl (C=O) groups is 1. The Morgan fingerprint density at radius 3 is 2.65 bits per heavy atom. The van der Waals surface area contributed by atoms with E-state index in [1.807, 2.05) is 11.8 Å². The van der Waals surface area contributed by atoms with Crippen LogP contribution in [0.5, 0.6) is 0 Å². The number of nitrogens with two attached hydrogens (primary N) is 1. The maximum absolute atomic E-state index is 13.0. The van der Waals surface area contributed by atoms with Gasteiger partial charge < -0.3 is 11.1 Å². The number of fused-ring (bicyclic) bond motifs is 3. The first-order chi connectivity index (χ1) is 11.2. The highest BCUT2D eigenvalue weighted by atomic mass is 32.2. The van der Waals surface area contributed by atoms with Crippen LogP contribution in [0.1, 0.15) is 50.0 Å². The van der Waals surface area contributed by atoms with Gasteiger partial charge in [0, 0.05) is 17.0 Å². The summed E-state index contributed by atoms with van der Waals surface area (Å²) in [5.41, 5.74) is 7.43. The Morgan fingerprint density at radius 1 is 1.13 bits per heavy atom. The highest BCUT2D eigenvalue weighted by molar-refractivity contribution is 7.99. The van der Waals surface area contributed by atoms with Gasteiger partial charge >= 0.3 is 0 Å². The van der Waals surface area contributed by atoms with Gasteiger partial charge in [0.05, 0.1) is 5.92 Å².